The first kappa shape index (κ1) is 10.7. The van der Waals surface area contributed by atoms with Crippen LogP contribution in [-0.4, -0.2) is 30.7 Å². The van der Waals surface area contributed by atoms with Crippen molar-refractivity contribution in [1.82, 2.24) is 0 Å². The normalized spacial score (nSPS) is 11.5. The van der Waals surface area contributed by atoms with E-state index in [-0.39, 0.29) is 0 Å². The standard InChI is InChI=1S/C10H22N/c1-5-9-11(7-3,8-4)10-6-2/h5H,1,6-10H2,2-4H3/q+1. The first-order valence-corrected chi connectivity index (χ1v) is 4.70. The van der Waals surface area contributed by atoms with Crippen LogP contribution in [0.15, 0.2) is 12.7 Å². The van der Waals surface area contributed by atoms with Gasteiger partial charge in [0, 0.05) is 0 Å². The zero-order valence-electron chi connectivity index (χ0n) is 8.27. The van der Waals surface area contributed by atoms with Gasteiger partial charge >= 0.3 is 0 Å². The Morgan fingerprint density at radius 3 is 2.00 bits per heavy atom. The summed E-state index contributed by atoms with van der Waals surface area (Å²) in [5.74, 6) is 0. The van der Waals surface area contributed by atoms with Crippen molar-refractivity contribution in [2.24, 2.45) is 0 Å². The van der Waals surface area contributed by atoms with E-state index in [9.17, 15) is 0 Å². The predicted molar refractivity (Wildman–Crippen MR) is 51.6 cm³/mol. The third-order valence-electron chi connectivity index (χ3n) is 2.56. The van der Waals surface area contributed by atoms with Crippen molar-refractivity contribution >= 4 is 0 Å². The molecule has 0 fully saturated rings. The van der Waals surface area contributed by atoms with Gasteiger partial charge in [0.15, 0.2) is 0 Å². The minimum atomic E-state index is 1.13. The van der Waals surface area contributed by atoms with Crippen LogP contribution >= 0.6 is 0 Å². The third-order valence-corrected chi connectivity index (χ3v) is 2.56. The third kappa shape index (κ3) is 3.06. The Labute approximate surface area is 71.3 Å². The van der Waals surface area contributed by atoms with Gasteiger partial charge < -0.3 is 4.48 Å². The van der Waals surface area contributed by atoms with E-state index in [0.29, 0.717) is 0 Å². The summed E-state index contributed by atoms with van der Waals surface area (Å²) in [5.41, 5.74) is 0. The number of hydrogen-bond donors (Lipinski definition) is 0. The number of hydrogen-bond acceptors (Lipinski definition) is 0. The molecule has 11 heavy (non-hydrogen) atoms. The summed E-state index contributed by atoms with van der Waals surface area (Å²) in [6.07, 6.45) is 3.32. The molecule has 0 atom stereocenters. The highest BCUT2D eigenvalue weighted by atomic mass is 15.3. The van der Waals surface area contributed by atoms with E-state index in [4.69, 9.17) is 0 Å². The van der Waals surface area contributed by atoms with Crippen LogP contribution in [0.5, 0.6) is 0 Å². The van der Waals surface area contributed by atoms with Gasteiger partial charge in [-0.3, -0.25) is 0 Å². The van der Waals surface area contributed by atoms with E-state index in [1.807, 2.05) is 6.08 Å². The van der Waals surface area contributed by atoms with Gasteiger partial charge in [0.05, 0.1) is 26.2 Å². The average Bonchev–Trinajstić information content (AvgIpc) is 2.04. The molecule has 0 aromatic heterocycles. The van der Waals surface area contributed by atoms with E-state index in [1.165, 1.54) is 30.5 Å². The lowest BCUT2D eigenvalue weighted by Crippen LogP contribution is -2.48. The second-order valence-electron chi connectivity index (χ2n) is 3.17. The van der Waals surface area contributed by atoms with Crippen LogP contribution in [0.4, 0.5) is 0 Å². The molecule has 1 heteroatoms. The van der Waals surface area contributed by atoms with Crippen LogP contribution in [0.1, 0.15) is 27.2 Å². The van der Waals surface area contributed by atoms with Crippen molar-refractivity contribution < 1.29 is 4.48 Å². The quantitative estimate of drug-likeness (QED) is 0.409. The van der Waals surface area contributed by atoms with Gasteiger partial charge in [-0.1, -0.05) is 13.5 Å². The zero-order valence-corrected chi connectivity index (χ0v) is 8.27. The fourth-order valence-corrected chi connectivity index (χ4v) is 1.64. The van der Waals surface area contributed by atoms with Crippen molar-refractivity contribution in [2.75, 3.05) is 26.2 Å². The fraction of sp³-hybridized carbons (Fsp3) is 0.800. The van der Waals surface area contributed by atoms with Crippen molar-refractivity contribution in [3.8, 4) is 0 Å². The Morgan fingerprint density at radius 1 is 1.18 bits per heavy atom. The lowest BCUT2D eigenvalue weighted by molar-refractivity contribution is -0.919. The Hall–Kier alpha value is -0.300. The summed E-state index contributed by atoms with van der Waals surface area (Å²) < 4.78 is 1.21. The molecule has 0 unspecified atom stereocenters. The van der Waals surface area contributed by atoms with Gasteiger partial charge in [0.1, 0.15) is 0 Å². The molecule has 1 nitrogen and oxygen atoms in total. The summed E-state index contributed by atoms with van der Waals surface area (Å²) >= 11 is 0. The van der Waals surface area contributed by atoms with Crippen LogP contribution in [0.3, 0.4) is 0 Å². The SMILES string of the molecule is C=CC[N+](CC)(CC)CCC. The van der Waals surface area contributed by atoms with Gasteiger partial charge in [0.2, 0.25) is 0 Å². The first-order valence-electron chi connectivity index (χ1n) is 4.70. The van der Waals surface area contributed by atoms with Gasteiger partial charge in [-0.2, -0.15) is 0 Å². The monoisotopic (exact) mass is 156 g/mol. The second kappa shape index (κ2) is 5.36. The molecule has 0 aliphatic carbocycles. The molecule has 0 aliphatic heterocycles. The molecular formula is C10H22N+. The molecule has 0 aromatic rings. The number of likely N-dealkylation sites (N-methyl/N-ethyl adjacent to an activating group) is 1. The largest absolute Gasteiger partial charge is 0.321 e. The van der Waals surface area contributed by atoms with Crippen molar-refractivity contribution in [2.45, 2.75) is 27.2 Å². The molecule has 0 saturated heterocycles. The smallest absolute Gasteiger partial charge is 0.0970 e. The molecule has 0 saturated carbocycles. The minimum absolute atomic E-state index is 1.13. The Kier molecular flexibility index (Phi) is 5.22. The lowest BCUT2D eigenvalue weighted by Gasteiger charge is -2.35. The van der Waals surface area contributed by atoms with Crippen molar-refractivity contribution in [3.63, 3.8) is 0 Å². The van der Waals surface area contributed by atoms with E-state index in [1.54, 1.807) is 0 Å². The molecule has 0 rings (SSSR count). The summed E-state index contributed by atoms with van der Waals surface area (Å²) in [4.78, 5) is 0. The maximum absolute atomic E-state index is 3.81. The molecule has 66 valence electrons. The molecule has 0 N–H and O–H groups in total. The maximum Gasteiger partial charge on any atom is 0.0970 e. The summed E-state index contributed by atoms with van der Waals surface area (Å²) in [5, 5.41) is 0. The van der Waals surface area contributed by atoms with Crippen molar-refractivity contribution in [1.29, 1.82) is 0 Å². The minimum Gasteiger partial charge on any atom is -0.321 e. The molecule has 0 aromatic carbocycles. The lowest BCUT2D eigenvalue weighted by atomic mass is 10.3. The summed E-state index contributed by atoms with van der Waals surface area (Å²) in [6.45, 7) is 15.5. The Bertz CT molecular complexity index is 103. The number of nitrogens with zero attached hydrogens (tertiary/aromatic N) is 1. The molecular weight excluding hydrogens is 134 g/mol. The first-order chi connectivity index (χ1) is 5.24. The fourth-order valence-electron chi connectivity index (χ4n) is 1.64. The molecule has 0 radical (unpaired) electrons. The van der Waals surface area contributed by atoms with Crippen LogP contribution in [-0.2, 0) is 0 Å². The van der Waals surface area contributed by atoms with Gasteiger partial charge in [-0.25, -0.2) is 0 Å². The Balaban J connectivity index is 4.06. The van der Waals surface area contributed by atoms with E-state index in [2.05, 4.69) is 27.4 Å². The van der Waals surface area contributed by atoms with E-state index in [0.717, 1.165) is 6.54 Å². The number of rotatable bonds is 6. The number of quaternary nitrogens is 1. The van der Waals surface area contributed by atoms with Crippen LogP contribution in [0, 0.1) is 0 Å². The summed E-state index contributed by atoms with van der Waals surface area (Å²) in [6, 6.07) is 0. The summed E-state index contributed by atoms with van der Waals surface area (Å²) in [7, 11) is 0. The highest BCUT2D eigenvalue weighted by Crippen LogP contribution is 2.07. The van der Waals surface area contributed by atoms with Crippen LogP contribution < -0.4 is 0 Å². The highest BCUT2D eigenvalue weighted by molar-refractivity contribution is 4.65. The van der Waals surface area contributed by atoms with E-state index >= 15 is 0 Å². The zero-order chi connectivity index (χ0) is 8.74. The Morgan fingerprint density at radius 2 is 1.73 bits per heavy atom. The molecule has 0 aliphatic rings. The average molecular weight is 156 g/mol. The molecule has 0 heterocycles. The van der Waals surface area contributed by atoms with Gasteiger partial charge in [-0.05, 0) is 26.3 Å². The topological polar surface area (TPSA) is 0 Å². The van der Waals surface area contributed by atoms with Crippen molar-refractivity contribution in [3.05, 3.63) is 12.7 Å². The van der Waals surface area contributed by atoms with Crippen LogP contribution in [0.25, 0.3) is 0 Å². The molecule has 0 amide bonds. The maximum atomic E-state index is 3.81. The second-order valence-corrected chi connectivity index (χ2v) is 3.17. The molecule has 0 spiro atoms. The van der Waals surface area contributed by atoms with Crippen LogP contribution in [0.2, 0.25) is 0 Å². The highest BCUT2D eigenvalue weighted by Gasteiger charge is 2.18. The predicted octanol–water partition coefficient (Wildman–Crippen LogP) is 2.44. The van der Waals surface area contributed by atoms with Gasteiger partial charge in [-0.15, -0.1) is 0 Å². The van der Waals surface area contributed by atoms with Gasteiger partial charge in [0.25, 0.3) is 0 Å². The molecule has 0 bridgehead atoms. The van der Waals surface area contributed by atoms with E-state index < -0.39 is 0 Å².